The fraction of sp³-hybridized carbons (Fsp3) is 0.394. The van der Waals surface area contributed by atoms with Crippen LogP contribution in [0.3, 0.4) is 0 Å². The van der Waals surface area contributed by atoms with Gasteiger partial charge in [0.15, 0.2) is 0 Å². The first-order chi connectivity index (χ1) is 19.0. The molecule has 39 heavy (non-hydrogen) atoms. The summed E-state index contributed by atoms with van der Waals surface area (Å²) < 4.78 is 13.7. The number of halogens is 1. The van der Waals surface area contributed by atoms with Gasteiger partial charge in [-0.2, -0.15) is 0 Å². The van der Waals surface area contributed by atoms with Crippen LogP contribution in [0.15, 0.2) is 72.0 Å². The summed E-state index contributed by atoms with van der Waals surface area (Å²) in [4.78, 5) is 12.1. The third-order valence-corrected chi connectivity index (χ3v) is 7.49. The van der Waals surface area contributed by atoms with Crippen molar-refractivity contribution in [2.75, 3.05) is 31.1 Å². The molecule has 1 aromatic heterocycles. The predicted molar refractivity (Wildman–Crippen MR) is 162 cm³/mol. The van der Waals surface area contributed by atoms with Gasteiger partial charge in [-0.1, -0.05) is 57.5 Å². The molecule has 1 unspecified atom stereocenters. The number of unbranched alkanes of at least 4 members (excludes halogenated alkanes) is 1. The standard InChI is InChI=1S/C33H42FN5/c1-5-7-8-15-36-33(38-23-26-9-14-32(37-22-26)39-18-16-35-17-19-39)31-21-28(27-10-12-29(34)13-11-27)20-30(25(31)4)24(3)6-2/h8-15,20-22,24,35H,5-7,16-19,23H2,1-4H3,(H,36,38)/b15-8+. The fourth-order valence-corrected chi connectivity index (χ4v) is 4.88. The number of amidine groups is 1. The van der Waals surface area contributed by atoms with Crippen LogP contribution in [0.5, 0.6) is 0 Å². The zero-order valence-corrected chi connectivity index (χ0v) is 23.8. The third kappa shape index (κ3) is 7.54. The van der Waals surface area contributed by atoms with Crippen LogP contribution in [0, 0.1) is 12.7 Å². The molecule has 2 N–H and O–H groups in total. The van der Waals surface area contributed by atoms with E-state index < -0.39 is 0 Å². The van der Waals surface area contributed by atoms with Gasteiger partial charge in [0.05, 0.1) is 6.54 Å². The maximum atomic E-state index is 13.7. The van der Waals surface area contributed by atoms with Crippen molar-refractivity contribution >= 4 is 11.7 Å². The van der Waals surface area contributed by atoms with Crippen molar-refractivity contribution in [3.8, 4) is 11.1 Å². The number of aliphatic imine (C=N–C) groups is 1. The second-order valence-electron chi connectivity index (χ2n) is 10.3. The van der Waals surface area contributed by atoms with E-state index in [4.69, 9.17) is 9.98 Å². The van der Waals surface area contributed by atoms with Gasteiger partial charge in [0.25, 0.3) is 0 Å². The Hall–Kier alpha value is -3.51. The van der Waals surface area contributed by atoms with E-state index in [-0.39, 0.29) is 5.82 Å². The number of allylic oxidation sites excluding steroid dienone is 1. The smallest absolute Gasteiger partial charge is 0.132 e. The van der Waals surface area contributed by atoms with E-state index in [0.717, 1.165) is 79.3 Å². The normalized spacial score (nSPS) is 15.1. The van der Waals surface area contributed by atoms with Crippen molar-refractivity contribution < 1.29 is 4.39 Å². The summed E-state index contributed by atoms with van der Waals surface area (Å²) in [6, 6.07) is 15.4. The van der Waals surface area contributed by atoms with E-state index in [1.165, 1.54) is 23.3 Å². The molecule has 4 rings (SSSR count). The van der Waals surface area contributed by atoms with E-state index in [0.29, 0.717) is 12.5 Å². The Labute approximate surface area is 233 Å². The van der Waals surface area contributed by atoms with E-state index >= 15 is 0 Å². The number of rotatable bonds is 10. The van der Waals surface area contributed by atoms with E-state index in [1.54, 1.807) is 0 Å². The second kappa shape index (κ2) is 14.0. The van der Waals surface area contributed by atoms with Gasteiger partial charge in [0, 0.05) is 37.9 Å². The number of benzene rings is 2. The van der Waals surface area contributed by atoms with Crippen LogP contribution in [0.1, 0.15) is 68.2 Å². The van der Waals surface area contributed by atoms with E-state index in [1.807, 2.05) is 24.5 Å². The molecule has 1 fully saturated rings. The fourth-order valence-electron chi connectivity index (χ4n) is 4.88. The van der Waals surface area contributed by atoms with Gasteiger partial charge in [0.2, 0.25) is 0 Å². The second-order valence-corrected chi connectivity index (χ2v) is 10.3. The third-order valence-electron chi connectivity index (χ3n) is 7.49. The molecule has 206 valence electrons. The molecule has 1 saturated heterocycles. The molecular formula is C33H42FN5. The summed E-state index contributed by atoms with van der Waals surface area (Å²) in [5.74, 6) is 2.02. The first-order valence-corrected chi connectivity index (χ1v) is 14.3. The van der Waals surface area contributed by atoms with Crippen LogP contribution in [0.2, 0.25) is 0 Å². The molecule has 0 radical (unpaired) electrons. The molecular weight excluding hydrogens is 485 g/mol. The maximum Gasteiger partial charge on any atom is 0.132 e. The average molecular weight is 528 g/mol. The minimum atomic E-state index is -0.227. The topological polar surface area (TPSA) is 52.6 Å². The van der Waals surface area contributed by atoms with Crippen molar-refractivity contribution in [1.82, 2.24) is 15.6 Å². The molecule has 1 atom stereocenters. The Balaban J connectivity index is 1.69. The first kappa shape index (κ1) is 28.5. The molecule has 1 aliphatic heterocycles. The van der Waals surface area contributed by atoms with Gasteiger partial charge in [-0.25, -0.2) is 9.37 Å². The van der Waals surface area contributed by atoms with Crippen LogP contribution in [-0.2, 0) is 6.54 Å². The number of nitrogens with zero attached hydrogens (tertiary/aromatic N) is 3. The lowest BCUT2D eigenvalue weighted by Gasteiger charge is -2.28. The van der Waals surface area contributed by atoms with Gasteiger partial charge in [-0.15, -0.1) is 0 Å². The highest BCUT2D eigenvalue weighted by Crippen LogP contribution is 2.31. The molecule has 2 heterocycles. The van der Waals surface area contributed by atoms with Crippen LogP contribution in [0.25, 0.3) is 11.1 Å². The SMILES string of the molecule is CCC/C=C/NC(=NCc1ccc(N2CCNCC2)nc1)c1cc(-c2ccc(F)cc2)cc(C(C)CC)c1C. The van der Waals surface area contributed by atoms with Gasteiger partial charge in [-0.3, -0.25) is 4.99 Å². The van der Waals surface area contributed by atoms with Crippen molar-refractivity contribution in [3.05, 3.63) is 95.1 Å². The van der Waals surface area contributed by atoms with Crippen molar-refractivity contribution in [2.24, 2.45) is 4.99 Å². The zero-order valence-electron chi connectivity index (χ0n) is 23.8. The minimum absolute atomic E-state index is 0.227. The summed E-state index contributed by atoms with van der Waals surface area (Å²) in [6.45, 7) is 13.3. The average Bonchev–Trinajstić information content (AvgIpc) is 2.98. The van der Waals surface area contributed by atoms with Crippen LogP contribution >= 0.6 is 0 Å². The molecule has 0 spiro atoms. The summed E-state index contributed by atoms with van der Waals surface area (Å²) in [5.41, 5.74) is 6.72. The molecule has 0 bridgehead atoms. The van der Waals surface area contributed by atoms with Crippen molar-refractivity contribution in [3.63, 3.8) is 0 Å². The molecule has 1 aliphatic rings. The molecule has 2 aromatic carbocycles. The molecule has 0 amide bonds. The van der Waals surface area contributed by atoms with E-state index in [9.17, 15) is 4.39 Å². The van der Waals surface area contributed by atoms with Gasteiger partial charge in [0.1, 0.15) is 17.5 Å². The molecule has 0 saturated carbocycles. The number of aromatic nitrogens is 1. The Bertz CT molecular complexity index is 1260. The molecule has 0 aliphatic carbocycles. The van der Waals surface area contributed by atoms with Gasteiger partial charge < -0.3 is 15.5 Å². The maximum absolute atomic E-state index is 13.7. The Morgan fingerprint density at radius 1 is 1.10 bits per heavy atom. The summed E-state index contributed by atoms with van der Waals surface area (Å²) >= 11 is 0. The number of anilines is 1. The molecule has 3 aromatic rings. The number of hydrogen-bond donors (Lipinski definition) is 2. The summed E-state index contributed by atoms with van der Waals surface area (Å²) in [5, 5.41) is 6.88. The zero-order chi connectivity index (χ0) is 27.6. The van der Waals surface area contributed by atoms with Crippen LogP contribution < -0.4 is 15.5 Å². The lowest BCUT2D eigenvalue weighted by atomic mass is 9.87. The van der Waals surface area contributed by atoms with Crippen LogP contribution in [-0.4, -0.2) is 37.0 Å². The predicted octanol–water partition coefficient (Wildman–Crippen LogP) is 6.97. The lowest BCUT2D eigenvalue weighted by Crippen LogP contribution is -2.43. The quantitative estimate of drug-likeness (QED) is 0.221. The number of nitrogens with one attached hydrogen (secondary N) is 2. The Morgan fingerprint density at radius 3 is 2.54 bits per heavy atom. The monoisotopic (exact) mass is 527 g/mol. The minimum Gasteiger partial charge on any atom is -0.354 e. The summed E-state index contributed by atoms with van der Waals surface area (Å²) in [6.07, 6.45) is 9.22. The lowest BCUT2D eigenvalue weighted by molar-refractivity contribution is 0.585. The van der Waals surface area contributed by atoms with Crippen molar-refractivity contribution in [2.45, 2.75) is 59.4 Å². The van der Waals surface area contributed by atoms with E-state index in [2.05, 4.69) is 73.6 Å². The summed E-state index contributed by atoms with van der Waals surface area (Å²) in [7, 11) is 0. The Morgan fingerprint density at radius 2 is 1.87 bits per heavy atom. The van der Waals surface area contributed by atoms with Gasteiger partial charge in [-0.05, 0) is 84.0 Å². The number of pyridine rings is 1. The Kier molecular flexibility index (Phi) is 10.3. The molecule has 5 nitrogen and oxygen atoms in total. The highest BCUT2D eigenvalue weighted by atomic mass is 19.1. The van der Waals surface area contributed by atoms with Gasteiger partial charge >= 0.3 is 0 Å². The molecule has 6 heteroatoms. The van der Waals surface area contributed by atoms with Crippen LogP contribution in [0.4, 0.5) is 10.2 Å². The highest BCUT2D eigenvalue weighted by Gasteiger charge is 2.17. The largest absolute Gasteiger partial charge is 0.354 e. The number of piperazine rings is 1. The van der Waals surface area contributed by atoms with Crippen molar-refractivity contribution in [1.29, 1.82) is 0 Å². The highest BCUT2D eigenvalue weighted by molar-refractivity contribution is 6.02. The first-order valence-electron chi connectivity index (χ1n) is 14.3. The number of hydrogen-bond acceptors (Lipinski definition) is 4.